The molecule has 0 unspecified atom stereocenters. The molecule has 0 fully saturated rings. The number of nitrogens with one attached hydrogen (secondary N) is 1. The molecule has 1 amide bonds. The Morgan fingerprint density at radius 3 is 2.55 bits per heavy atom. The quantitative estimate of drug-likeness (QED) is 0.901. The van der Waals surface area contributed by atoms with Crippen molar-refractivity contribution in [2.45, 2.75) is 6.92 Å². The Morgan fingerprint density at radius 1 is 1.25 bits per heavy atom. The van der Waals surface area contributed by atoms with Crippen molar-refractivity contribution in [3.8, 4) is 0 Å². The zero-order valence-corrected chi connectivity index (χ0v) is 10.6. The van der Waals surface area contributed by atoms with Gasteiger partial charge in [-0.05, 0) is 42.8 Å². The molecule has 0 aliphatic heterocycles. The lowest BCUT2D eigenvalue weighted by atomic mass is 10.2. The van der Waals surface area contributed by atoms with Crippen molar-refractivity contribution in [3.63, 3.8) is 0 Å². The van der Waals surface area contributed by atoms with Crippen LogP contribution in [-0.2, 0) is 0 Å². The summed E-state index contributed by atoms with van der Waals surface area (Å²) in [6, 6.07) is 6.62. The van der Waals surface area contributed by atoms with E-state index in [2.05, 4.69) is 10.3 Å². The van der Waals surface area contributed by atoms with Gasteiger partial charge in [-0.1, -0.05) is 0 Å². The highest BCUT2D eigenvalue weighted by molar-refractivity contribution is 6.04. The number of anilines is 1. The minimum atomic E-state index is -1.16. The summed E-state index contributed by atoms with van der Waals surface area (Å²) in [5, 5.41) is 11.3. The molecule has 1 aromatic carbocycles. The van der Waals surface area contributed by atoms with Gasteiger partial charge in [-0.25, -0.2) is 14.2 Å². The van der Waals surface area contributed by atoms with Gasteiger partial charge in [0.05, 0.1) is 5.56 Å². The van der Waals surface area contributed by atoms with Gasteiger partial charge >= 0.3 is 5.97 Å². The van der Waals surface area contributed by atoms with E-state index >= 15 is 0 Å². The number of aromatic carboxylic acids is 1. The summed E-state index contributed by atoms with van der Waals surface area (Å²) in [5.41, 5.74) is 1.16. The molecule has 20 heavy (non-hydrogen) atoms. The van der Waals surface area contributed by atoms with Crippen LogP contribution < -0.4 is 5.32 Å². The van der Waals surface area contributed by atoms with Gasteiger partial charge in [0.1, 0.15) is 11.5 Å². The zero-order chi connectivity index (χ0) is 14.7. The molecule has 102 valence electrons. The molecule has 0 aliphatic carbocycles. The fourth-order valence-electron chi connectivity index (χ4n) is 1.62. The first-order valence-corrected chi connectivity index (χ1v) is 5.74. The first-order chi connectivity index (χ1) is 9.47. The normalized spacial score (nSPS) is 10.1. The number of rotatable bonds is 3. The van der Waals surface area contributed by atoms with Crippen LogP contribution in [0.5, 0.6) is 0 Å². The smallest absolute Gasteiger partial charge is 0.354 e. The number of carbonyl (C=O) groups excluding carboxylic acids is 1. The number of aryl methyl sites for hydroxylation is 1. The van der Waals surface area contributed by atoms with Crippen molar-refractivity contribution in [2.75, 3.05) is 5.32 Å². The number of amides is 1. The lowest BCUT2D eigenvalue weighted by Gasteiger charge is -2.08. The summed E-state index contributed by atoms with van der Waals surface area (Å²) >= 11 is 0. The molecular weight excluding hydrogens is 263 g/mol. The summed E-state index contributed by atoms with van der Waals surface area (Å²) < 4.78 is 12.9. The molecule has 6 heteroatoms. The number of benzene rings is 1. The second-order valence-corrected chi connectivity index (χ2v) is 4.15. The molecule has 0 bridgehead atoms. The van der Waals surface area contributed by atoms with Crippen LogP contribution in [0.3, 0.4) is 0 Å². The number of halogens is 1. The van der Waals surface area contributed by atoms with Gasteiger partial charge < -0.3 is 10.4 Å². The minimum Gasteiger partial charge on any atom is -0.477 e. The molecule has 0 aliphatic rings. The summed E-state index contributed by atoms with van der Waals surface area (Å²) in [6.07, 6.45) is 1.18. The average molecular weight is 274 g/mol. The second kappa shape index (κ2) is 5.48. The van der Waals surface area contributed by atoms with Crippen LogP contribution in [0.1, 0.15) is 26.4 Å². The maximum atomic E-state index is 12.9. The minimum absolute atomic E-state index is 0.139. The fourth-order valence-corrected chi connectivity index (χ4v) is 1.62. The van der Waals surface area contributed by atoms with Crippen molar-refractivity contribution in [2.24, 2.45) is 0 Å². The third kappa shape index (κ3) is 2.97. The highest BCUT2D eigenvalue weighted by Gasteiger charge is 2.10. The van der Waals surface area contributed by atoms with Crippen LogP contribution in [0.2, 0.25) is 0 Å². The third-order valence-electron chi connectivity index (χ3n) is 2.68. The van der Waals surface area contributed by atoms with E-state index in [0.717, 1.165) is 0 Å². The second-order valence-electron chi connectivity index (χ2n) is 4.15. The number of hydrogen-bond donors (Lipinski definition) is 2. The predicted molar refractivity (Wildman–Crippen MR) is 70.3 cm³/mol. The topological polar surface area (TPSA) is 79.3 Å². The van der Waals surface area contributed by atoms with Gasteiger partial charge in [0, 0.05) is 11.9 Å². The highest BCUT2D eigenvalue weighted by Crippen LogP contribution is 2.16. The first-order valence-electron chi connectivity index (χ1n) is 5.74. The molecule has 2 N–H and O–H groups in total. The van der Waals surface area contributed by atoms with Crippen LogP contribution in [0.4, 0.5) is 10.1 Å². The molecule has 0 radical (unpaired) electrons. The first kappa shape index (κ1) is 13.7. The van der Waals surface area contributed by atoms with E-state index < -0.39 is 11.9 Å². The van der Waals surface area contributed by atoms with Crippen LogP contribution in [0.15, 0.2) is 36.5 Å². The zero-order valence-electron chi connectivity index (χ0n) is 10.6. The standard InChI is InChI=1S/C14H11FN2O3/c1-8-6-10(15)3-5-11(8)17-13(18)9-2-4-12(14(19)20)16-7-9/h2-7H,1H3,(H,17,18)(H,19,20). The van der Waals surface area contributed by atoms with Crippen molar-refractivity contribution in [1.82, 2.24) is 4.98 Å². The molecule has 2 aromatic rings. The van der Waals surface area contributed by atoms with Gasteiger partial charge in [-0.3, -0.25) is 4.79 Å². The van der Waals surface area contributed by atoms with Crippen molar-refractivity contribution < 1.29 is 19.1 Å². The Hall–Kier alpha value is -2.76. The number of carboxylic acids is 1. The molecule has 1 aromatic heterocycles. The molecule has 2 rings (SSSR count). The Morgan fingerprint density at radius 2 is 2.00 bits per heavy atom. The Kier molecular flexibility index (Phi) is 3.74. The largest absolute Gasteiger partial charge is 0.477 e. The Bertz CT molecular complexity index is 669. The number of pyridine rings is 1. The van der Waals surface area contributed by atoms with E-state index in [0.29, 0.717) is 11.3 Å². The molecular formula is C14H11FN2O3. The summed E-state index contributed by atoms with van der Waals surface area (Å²) in [7, 11) is 0. The van der Waals surface area contributed by atoms with Gasteiger partial charge in [0.15, 0.2) is 0 Å². The summed E-state index contributed by atoms with van der Waals surface area (Å²) in [4.78, 5) is 26.2. The summed E-state index contributed by atoms with van der Waals surface area (Å²) in [6.45, 7) is 1.67. The van der Waals surface area contributed by atoms with Gasteiger partial charge in [0.25, 0.3) is 5.91 Å². The SMILES string of the molecule is Cc1cc(F)ccc1NC(=O)c1ccc(C(=O)O)nc1. The number of nitrogens with zero attached hydrogens (tertiary/aromatic N) is 1. The van der Waals surface area contributed by atoms with Gasteiger partial charge in [-0.2, -0.15) is 0 Å². The van der Waals surface area contributed by atoms with Crippen LogP contribution in [-0.4, -0.2) is 22.0 Å². The maximum Gasteiger partial charge on any atom is 0.354 e. The predicted octanol–water partition coefficient (Wildman–Crippen LogP) is 2.48. The monoisotopic (exact) mass is 274 g/mol. The average Bonchev–Trinajstić information content (AvgIpc) is 2.42. The lowest BCUT2D eigenvalue weighted by molar-refractivity contribution is 0.0690. The number of carbonyl (C=O) groups is 2. The van der Waals surface area contributed by atoms with E-state index in [1.54, 1.807) is 6.92 Å². The van der Waals surface area contributed by atoms with E-state index in [9.17, 15) is 14.0 Å². The van der Waals surface area contributed by atoms with Crippen molar-refractivity contribution >= 4 is 17.6 Å². The van der Waals surface area contributed by atoms with Crippen molar-refractivity contribution in [1.29, 1.82) is 0 Å². The third-order valence-corrected chi connectivity index (χ3v) is 2.68. The van der Waals surface area contributed by atoms with Crippen LogP contribution >= 0.6 is 0 Å². The van der Waals surface area contributed by atoms with Crippen LogP contribution in [0.25, 0.3) is 0 Å². The van der Waals surface area contributed by atoms with Gasteiger partial charge in [0.2, 0.25) is 0 Å². The number of aromatic nitrogens is 1. The van der Waals surface area contributed by atoms with Crippen molar-refractivity contribution in [3.05, 3.63) is 59.2 Å². The number of carboxylic acid groups (broad SMARTS) is 1. The molecule has 0 saturated heterocycles. The Balaban J connectivity index is 2.17. The maximum absolute atomic E-state index is 12.9. The molecule has 0 spiro atoms. The Labute approximate surface area is 114 Å². The number of hydrogen-bond acceptors (Lipinski definition) is 3. The van der Waals surface area contributed by atoms with E-state index in [1.807, 2.05) is 0 Å². The molecule has 0 saturated carbocycles. The molecule has 5 nitrogen and oxygen atoms in total. The fraction of sp³-hybridized carbons (Fsp3) is 0.0714. The van der Waals surface area contributed by atoms with E-state index in [1.165, 1.54) is 36.5 Å². The lowest BCUT2D eigenvalue weighted by Crippen LogP contribution is -2.13. The van der Waals surface area contributed by atoms with E-state index in [4.69, 9.17) is 5.11 Å². The van der Waals surface area contributed by atoms with E-state index in [-0.39, 0.29) is 17.1 Å². The highest BCUT2D eigenvalue weighted by atomic mass is 19.1. The molecule has 1 heterocycles. The summed E-state index contributed by atoms with van der Waals surface area (Å²) in [5.74, 6) is -1.98. The van der Waals surface area contributed by atoms with Crippen LogP contribution in [0, 0.1) is 12.7 Å². The van der Waals surface area contributed by atoms with Gasteiger partial charge in [-0.15, -0.1) is 0 Å². The molecule has 0 atom stereocenters.